The molecule has 0 fully saturated rings. The third-order valence-electron chi connectivity index (χ3n) is 4.04. The number of fused-ring (bicyclic) bond motifs is 1. The standard InChI is InChI=1S/C22H22/c1-22(2,3)20-15-14-19-13-12-18(21(19)16-20)11-7-10-17-8-5-4-6-9-17/h4-16H,1-3H3/b10-7+,18-11-. The molecule has 0 N–H and O–H groups in total. The summed E-state index contributed by atoms with van der Waals surface area (Å²) in [6, 6.07) is 17.2. The Hall–Kier alpha value is -2.34. The smallest absolute Gasteiger partial charge is 0.0108 e. The maximum absolute atomic E-state index is 2.33. The van der Waals surface area contributed by atoms with Crippen molar-refractivity contribution in [1.82, 2.24) is 0 Å². The Morgan fingerprint density at radius 2 is 1.64 bits per heavy atom. The molecular weight excluding hydrogens is 264 g/mol. The van der Waals surface area contributed by atoms with Gasteiger partial charge in [0.2, 0.25) is 0 Å². The van der Waals surface area contributed by atoms with E-state index in [1.165, 1.54) is 27.8 Å². The van der Waals surface area contributed by atoms with Gasteiger partial charge in [0, 0.05) is 0 Å². The van der Waals surface area contributed by atoms with Crippen LogP contribution in [-0.2, 0) is 5.41 Å². The summed E-state index contributed by atoms with van der Waals surface area (Å²) in [5.74, 6) is 0. The normalized spacial score (nSPS) is 15.7. The van der Waals surface area contributed by atoms with E-state index in [-0.39, 0.29) is 5.41 Å². The molecule has 0 saturated carbocycles. The highest BCUT2D eigenvalue weighted by Gasteiger charge is 2.17. The van der Waals surface area contributed by atoms with Gasteiger partial charge >= 0.3 is 0 Å². The second-order valence-electron chi connectivity index (χ2n) is 6.78. The van der Waals surface area contributed by atoms with E-state index < -0.39 is 0 Å². The molecule has 110 valence electrons. The first-order valence-corrected chi connectivity index (χ1v) is 7.80. The van der Waals surface area contributed by atoms with Gasteiger partial charge in [0.1, 0.15) is 0 Å². The summed E-state index contributed by atoms with van der Waals surface area (Å²) in [5, 5.41) is 0. The summed E-state index contributed by atoms with van der Waals surface area (Å²) in [7, 11) is 0. The summed E-state index contributed by atoms with van der Waals surface area (Å²) in [5.41, 5.74) is 6.73. The molecule has 0 bridgehead atoms. The van der Waals surface area contributed by atoms with Crippen LogP contribution in [0.25, 0.3) is 17.7 Å². The number of hydrogen-bond acceptors (Lipinski definition) is 0. The minimum Gasteiger partial charge on any atom is -0.0622 e. The predicted octanol–water partition coefficient (Wildman–Crippen LogP) is 6.11. The van der Waals surface area contributed by atoms with Crippen LogP contribution < -0.4 is 0 Å². The topological polar surface area (TPSA) is 0 Å². The molecule has 0 radical (unpaired) electrons. The summed E-state index contributed by atoms with van der Waals surface area (Å²) < 4.78 is 0. The van der Waals surface area contributed by atoms with Crippen molar-refractivity contribution in [3.05, 3.63) is 89.0 Å². The number of benzene rings is 2. The maximum atomic E-state index is 2.33. The first-order valence-electron chi connectivity index (χ1n) is 7.80. The third-order valence-corrected chi connectivity index (χ3v) is 4.04. The summed E-state index contributed by atoms with van der Waals surface area (Å²) in [6.45, 7) is 6.78. The molecule has 2 aromatic rings. The van der Waals surface area contributed by atoms with Gasteiger partial charge < -0.3 is 0 Å². The highest BCUT2D eigenvalue weighted by atomic mass is 14.2. The third kappa shape index (κ3) is 3.12. The SMILES string of the molecule is CC(C)(C)c1ccc2c(c1)/C(=C\C=C\c1ccccc1)C=C2. The van der Waals surface area contributed by atoms with Gasteiger partial charge in [-0.3, -0.25) is 0 Å². The van der Waals surface area contributed by atoms with Crippen molar-refractivity contribution in [3.8, 4) is 0 Å². The van der Waals surface area contributed by atoms with Crippen LogP contribution in [0.3, 0.4) is 0 Å². The second-order valence-corrected chi connectivity index (χ2v) is 6.78. The largest absolute Gasteiger partial charge is 0.0622 e. The Kier molecular flexibility index (Phi) is 3.85. The molecule has 0 heterocycles. The van der Waals surface area contributed by atoms with Crippen LogP contribution in [0, 0.1) is 0 Å². The second kappa shape index (κ2) is 5.81. The maximum Gasteiger partial charge on any atom is -0.0108 e. The highest BCUT2D eigenvalue weighted by molar-refractivity contribution is 5.91. The summed E-state index contributed by atoms with van der Waals surface area (Å²) in [6.07, 6.45) is 10.9. The van der Waals surface area contributed by atoms with E-state index in [0.29, 0.717) is 0 Å². The van der Waals surface area contributed by atoms with E-state index in [1.807, 2.05) is 6.07 Å². The van der Waals surface area contributed by atoms with Crippen LogP contribution >= 0.6 is 0 Å². The lowest BCUT2D eigenvalue weighted by atomic mass is 9.85. The zero-order chi connectivity index (χ0) is 15.6. The van der Waals surface area contributed by atoms with E-state index in [9.17, 15) is 0 Å². The molecule has 22 heavy (non-hydrogen) atoms. The Morgan fingerprint density at radius 3 is 2.36 bits per heavy atom. The molecular formula is C22H22. The molecule has 0 aliphatic heterocycles. The van der Waals surface area contributed by atoms with Crippen molar-refractivity contribution < 1.29 is 0 Å². The fraction of sp³-hybridized carbons (Fsp3) is 0.182. The van der Waals surface area contributed by atoms with E-state index in [0.717, 1.165) is 0 Å². The molecule has 0 aromatic heterocycles. The van der Waals surface area contributed by atoms with Crippen LogP contribution in [0.2, 0.25) is 0 Å². The van der Waals surface area contributed by atoms with Gasteiger partial charge in [0.05, 0.1) is 0 Å². The van der Waals surface area contributed by atoms with Crippen molar-refractivity contribution in [2.45, 2.75) is 26.2 Å². The fourth-order valence-corrected chi connectivity index (χ4v) is 2.66. The van der Waals surface area contributed by atoms with E-state index >= 15 is 0 Å². The zero-order valence-electron chi connectivity index (χ0n) is 13.5. The molecule has 2 aromatic carbocycles. The van der Waals surface area contributed by atoms with Gasteiger partial charge in [-0.2, -0.15) is 0 Å². The Morgan fingerprint density at radius 1 is 0.864 bits per heavy atom. The van der Waals surface area contributed by atoms with Gasteiger partial charge in [0.15, 0.2) is 0 Å². The first kappa shape index (κ1) is 14.6. The molecule has 0 nitrogen and oxygen atoms in total. The predicted molar refractivity (Wildman–Crippen MR) is 97.6 cm³/mol. The fourth-order valence-electron chi connectivity index (χ4n) is 2.66. The molecule has 0 heteroatoms. The van der Waals surface area contributed by atoms with E-state index in [4.69, 9.17) is 0 Å². The van der Waals surface area contributed by atoms with Gasteiger partial charge in [-0.05, 0) is 33.2 Å². The van der Waals surface area contributed by atoms with Crippen LogP contribution in [-0.4, -0.2) is 0 Å². The quantitative estimate of drug-likeness (QED) is 0.625. The lowest BCUT2D eigenvalue weighted by molar-refractivity contribution is 0.590. The Labute approximate surface area is 133 Å². The van der Waals surface area contributed by atoms with Gasteiger partial charge in [-0.15, -0.1) is 0 Å². The zero-order valence-corrected chi connectivity index (χ0v) is 13.5. The lowest BCUT2D eigenvalue weighted by Gasteiger charge is -2.20. The minimum atomic E-state index is 0.183. The van der Waals surface area contributed by atoms with Crippen molar-refractivity contribution in [2.75, 3.05) is 0 Å². The van der Waals surface area contributed by atoms with Crippen molar-refractivity contribution in [1.29, 1.82) is 0 Å². The molecule has 0 unspecified atom stereocenters. The molecule has 0 spiro atoms. The highest BCUT2D eigenvalue weighted by Crippen LogP contribution is 2.33. The van der Waals surface area contributed by atoms with Gasteiger partial charge in [-0.25, -0.2) is 0 Å². The monoisotopic (exact) mass is 286 g/mol. The summed E-state index contributed by atoms with van der Waals surface area (Å²) in [4.78, 5) is 0. The van der Waals surface area contributed by atoms with Gasteiger partial charge in [-0.1, -0.05) is 99.7 Å². The molecule has 1 aliphatic carbocycles. The van der Waals surface area contributed by atoms with E-state index in [2.05, 4.69) is 93.6 Å². The number of rotatable bonds is 2. The van der Waals surface area contributed by atoms with Crippen LogP contribution in [0.1, 0.15) is 43.0 Å². The molecule has 0 saturated heterocycles. The Balaban J connectivity index is 1.88. The first-order chi connectivity index (χ1) is 10.5. The van der Waals surface area contributed by atoms with E-state index in [1.54, 1.807) is 0 Å². The van der Waals surface area contributed by atoms with Crippen LogP contribution in [0.5, 0.6) is 0 Å². The van der Waals surface area contributed by atoms with Crippen LogP contribution in [0.4, 0.5) is 0 Å². The average molecular weight is 286 g/mol. The average Bonchev–Trinajstić information content (AvgIpc) is 2.90. The molecule has 0 amide bonds. The van der Waals surface area contributed by atoms with Crippen molar-refractivity contribution >= 4 is 17.7 Å². The molecule has 3 rings (SSSR count). The lowest BCUT2D eigenvalue weighted by Crippen LogP contribution is -2.11. The minimum absolute atomic E-state index is 0.183. The summed E-state index contributed by atoms with van der Waals surface area (Å²) >= 11 is 0. The molecule has 0 atom stereocenters. The van der Waals surface area contributed by atoms with Crippen molar-refractivity contribution in [3.63, 3.8) is 0 Å². The Bertz CT molecular complexity index is 750. The van der Waals surface area contributed by atoms with Crippen molar-refractivity contribution in [2.24, 2.45) is 0 Å². The number of hydrogen-bond donors (Lipinski definition) is 0. The van der Waals surface area contributed by atoms with Gasteiger partial charge in [0.25, 0.3) is 0 Å². The molecule has 1 aliphatic rings. The number of allylic oxidation sites excluding steroid dienone is 4. The van der Waals surface area contributed by atoms with Crippen LogP contribution in [0.15, 0.2) is 66.8 Å².